The highest BCUT2D eigenvalue weighted by Crippen LogP contribution is 2.42. The van der Waals surface area contributed by atoms with Gasteiger partial charge in [0.1, 0.15) is 12.3 Å². The van der Waals surface area contributed by atoms with Gasteiger partial charge in [-0.3, -0.25) is 14.7 Å². The minimum absolute atomic E-state index is 0.0743. The van der Waals surface area contributed by atoms with Crippen molar-refractivity contribution in [2.24, 2.45) is 27.8 Å². The topological polar surface area (TPSA) is 149 Å². The third kappa shape index (κ3) is 7.94. The average molecular weight is 673 g/mol. The predicted octanol–water partition coefficient (Wildman–Crippen LogP) is 1.37. The van der Waals surface area contributed by atoms with Gasteiger partial charge in [0.2, 0.25) is 15.9 Å². The minimum atomic E-state index is -3.47. The van der Waals surface area contributed by atoms with Crippen LogP contribution in [0, 0.1) is 11.3 Å². The molecule has 6 aliphatic heterocycles. The first kappa shape index (κ1) is 36.0. The first-order valence-corrected chi connectivity index (χ1v) is 19.3. The Morgan fingerprint density at radius 3 is 2.41 bits per heavy atom. The van der Waals surface area contributed by atoms with Crippen LogP contribution >= 0.6 is 0 Å². The number of alkyl halides is 2. The number of nitrogens with one attached hydrogen (secondary N) is 2. The van der Waals surface area contributed by atoms with Crippen LogP contribution < -0.4 is 22.1 Å². The number of amides is 1. The number of rotatable bonds is 10. The van der Waals surface area contributed by atoms with Crippen LogP contribution in [0.3, 0.4) is 0 Å². The zero-order chi connectivity index (χ0) is 33.1. The van der Waals surface area contributed by atoms with Gasteiger partial charge >= 0.3 is 0 Å². The van der Waals surface area contributed by atoms with Crippen molar-refractivity contribution >= 4 is 22.1 Å². The van der Waals surface area contributed by atoms with Gasteiger partial charge in [0, 0.05) is 38.4 Å². The van der Waals surface area contributed by atoms with Crippen molar-refractivity contribution in [1.29, 1.82) is 0 Å². The molecular weight excluding hydrogens is 614 g/mol. The highest BCUT2D eigenvalue weighted by atomic mass is 32.2. The maximum Gasteiger partial charge on any atom is 0.228 e. The Balaban J connectivity index is 1.27. The Hall–Kier alpha value is -1.29. The Morgan fingerprint density at radius 2 is 1.76 bits per heavy atom. The van der Waals surface area contributed by atoms with E-state index in [1.54, 1.807) is 4.31 Å². The van der Waals surface area contributed by atoms with E-state index in [1.165, 1.54) is 6.21 Å². The van der Waals surface area contributed by atoms with Crippen LogP contribution in [-0.4, -0.2) is 135 Å². The molecule has 0 spiro atoms. The molecule has 6 heterocycles. The molecule has 14 heteroatoms. The molecule has 46 heavy (non-hydrogen) atoms. The standard InChI is InChI=1S/C32H58F2N8O3S/c1-3-10-32(4-2)11-5-22(33)19-38-26(18-32)28(30(35)36)31(43)39-27-21-37-20-25(34)29(27)41-14-8-24(9-15-41)46(44,45)42-17-16-40-12-6-23(42)7-13-40/h19,22-30,37H,3-18,20-21,35-36H2,1-2H3,(H,39,43)/t22-,25?,26?,27?,28?,29?,32?/m0/s1. The molecule has 6 unspecified atom stereocenters. The van der Waals surface area contributed by atoms with Gasteiger partial charge in [-0.2, -0.15) is 4.31 Å². The van der Waals surface area contributed by atoms with Crippen LogP contribution in [0.2, 0.25) is 0 Å². The molecule has 0 aromatic carbocycles. The van der Waals surface area contributed by atoms with Crippen molar-refractivity contribution in [3.8, 4) is 0 Å². The lowest BCUT2D eigenvalue weighted by Crippen LogP contribution is -2.67. The van der Waals surface area contributed by atoms with Crippen molar-refractivity contribution in [3.63, 3.8) is 0 Å². The number of hydrogen-bond acceptors (Lipinski definition) is 9. The molecule has 0 aliphatic carbocycles. The van der Waals surface area contributed by atoms with E-state index < -0.39 is 63.7 Å². The third-order valence-corrected chi connectivity index (χ3v) is 14.2. The van der Waals surface area contributed by atoms with E-state index in [0.717, 1.165) is 51.7 Å². The van der Waals surface area contributed by atoms with Gasteiger partial charge in [-0.1, -0.05) is 26.7 Å². The summed E-state index contributed by atoms with van der Waals surface area (Å²) < 4.78 is 59.7. The second-order valence-electron chi connectivity index (χ2n) is 14.6. The number of fused-ring (bicyclic) bond motifs is 4. The largest absolute Gasteiger partial charge is 0.350 e. The van der Waals surface area contributed by atoms with Gasteiger partial charge in [-0.25, -0.2) is 17.2 Å². The molecule has 264 valence electrons. The molecule has 0 radical (unpaired) electrons. The lowest BCUT2D eigenvalue weighted by molar-refractivity contribution is -0.128. The molecule has 5 fully saturated rings. The van der Waals surface area contributed by atoms with Gasteiger partial charge in [-0.15, -0.1) is 0 Å². The number of halogens is 2. The number of carbonyl (C=O) groups is 1. The number of piperidine rings is 3. The summed E-state index contributed by atoms with van der Waals surface area (Å²) in [7, 11) is -3.47. The molecule has 0 aromatic heterocycles. The first-order valence-electron chi connectivity index (χ1n) is 17.8. The SMILES string of the molecule is CCCC1(CC)CC[C@H](F)C=NC(C(C(=O)NC2CNCC(F)C2N2CCC(S(=O)(=O)N3CCN4CCC3CC4)CC2)C(N)N)C1. The molecule has 11 nitrogen and oxygen atoms in total. The molecular formula is C32H58F2N8O3S. The summed E-state index contributed by atoms with van der Waals surface area (Å²) in [5.41, 5.74) is 12.3. The van der Waals surface area contributed by atoms with E-state index in [1.807, 2.05) is 4.90 Å². The number of carbonyl (C=O) groups excluding carboxylic acids is 1. The van der Waals surface area contributed by atoms with Crippen molar-refractivity contribution in [2.75, 3.05) is 52.4 Å². The molecule has 0 aromatic rings. The summed E-state index contributed by atoms with van der Waals surface area (Å²) in [5.74, 6) is -1.30. The van der Waals surface area contributed by atoms with E-state index in [4.69, 9.17) is 11.5 Å². The molecule has 6 rings (SSSR count). The van der Waals surface area contributed by atoms with Crippen LogP contribution in [0.4, 0.5) is 8.78 Å². The third-order valence-electron chi connectivity index (χ3n) is 11.8. The van der Waals surface area contributed by atoms with Crippen molar-refractivity contribution in [3.05, 3.63) is 0 Å². The first-order chi connectivity index (χ1) is 22.0. The highest BCUT2D eigenvalue weighted by Gasteiger charge is 2.46. The second kappa shape index (κ2) is 15.5. The predicted molar refractivity (Wildman–Crippen MR) is 177 cm³/mol. The number of nitrogens with zero attached hydrogens (tertiary/aromatic N) is 4. The summed E-state index contributed by atoms with van der Waals surface area (Å²) in [4.78, 5) is 22.9. The van der Waals surface area contributed by atoms with Gasteiger partial charge < -0.3 is 27.0 Å². The molecule has 6 N–H and O–H groups in total. The highest BCUT2D eigenvalue weighted by molar-refractivity contribution is 7.89. The molecule has 0 saturated carbocycles. The van der Waals surface area contributed by atoms with Gasteiger partial charge in [0.25, 0.3) is 0 Å². The number of likely N-dealkylation sites (tertiary alicyclic amines) is 1. The maximum atomic E-state index is 15.7. The lowest BCUT2D eigenvalue weighted by atomic mass is 9.69. The fraction of sp³-hybridized carbons (Fsp3) is 0.938. The number of hydrogen-bond donors (Lipinski definition) is 4. The smallest absolute Gasteiger partial charge is 0.228 e. The van der Waals surface area contributed by atoms with Crippen LogP contribution in [0.5, 0.6) is 0 Å². The van der Waals surface area contributed by atoms with Crippen LogP contribution in [-0.2, 0) is 14.8 Å². The van der Waals surface area contributed by atoms with Gasteiger partial charge in [0.15, 0.2) is 0 Å². The summed E-state index contributed by atoms with van der Waals surface area (Å²) in [6, 6.07) is -1.70. The van der Waals surface area contributed by atoms with Gasteiger partial charge in [0.05, 0.1) is 35.5 Å². The number of nitrogens with two attached hydrogens (primary N) is 2. The quantitative estimate of drug-likeness (QED) is 0.255. The van der Waals surface area contributed by atoms with E-state index >= 15 is 4.39 Å². The molecule has 7 atom stereocenters. The molecule has 1 amide bonds. The van der Waals surface area contributed by atoms with E-state index in [9.17, 15) is 17.6 Å². The zero-order valence-electron chi connectivity index (χ0n) is 27.8. The Kier molecular flexibility index (Phi) is 12.1. The molecule has 2 bridgehead atoms. The fourth-order valence-electron chi connectivity index (χ4n) is 9.02. The van der Waals surface area contributed by atoms with Crippen molar-refractivity contribution in [1.82, 2.24) is 24.7 Å². The Labute approximate surface area is 274 Å². The molecule has 6 aliphatic rings. The number of aliphatic imine (C=N–C) groups is 1. The summed E-state index contributed by atoms with van der Waals surface area (Å²) in [5, 5.41) is 5.69. The Morgan fingerprint density at radius 1 is 1.04 bits per heavy atom. The number of sulfonamides is 1. The summed E-state index contributed by atoms with van der Waals surface area (Å²) in [6.07, 6.45) is 4.81. The van der Waals surface area contributed by atoms with E-state index in [0.29, 0.717) is 58.3 Å². The van der Waals surface area contributed by atoms with Crippen LogP contribution in [0.1, 0.15) is 78.1 Å². The lowest BCUT2D eigenvalue weighted by Gasteiger charge is -2.46. The Bertz CT molecular complexity index is 1150. The zero-order valence-corrected chi connectivity index (χ0v) is 28.7. The fourth-order valence-corrected chi connectivity index (χ4v) is 11.2. The minimum Gasteiger partial charge on any atom is -0.350 e. The summed E-state index contributed by atoms with van der Waals surface area (Å²) >= 11 is 0. The average Bonchev–Trinajstić information content (AvgIpc) is 3.37. The van der Waals surface area contributed by atoms with E-state index in [2.05, 4.69) is 34.4 Å². The molecule has 5 saturated heterocycles. The van der Waals surface area contributed by atoms with Crippen LogP contribution in [0.15, 0.2) is 4.99 Å². The van der Waals surface area contributed by atoms with E-state index in [-0.39, 0.29) is 18.0 Å². The van der Waals surface area contributed by atoms with Crippen molar-refractivity contribution < 1.29 is 22.0 Å². The van der Waals surface area contributed by atoms with Crippen molar-refractivity contribution in [2.45, 2.75) is 126 Å². The monoisotopic (exact) mass is 672 g/mol. The van der Waals surface area contributed by atoms with Crippen LogP contribution in [0.25, 0.3) is 0 Å². The van der Waals surface area contributed by atoms with Gasteiger partial charge in [-0.05, 0) is 83.0 Å². The maximum absolute atomic E-state index is 15.7. The summed E-state index contributed by atoms with van der Waals surface area (Å²) in [6.45, 7) is 8.83. The normalized spacial score (nSPS) is 37.8. The second-order valence-corrected chi connectivity index (χ2v) is 16.7.